The van der Waals surface area contributed by atoms with Gasteiger partial charge in [-0.15, -0.1) is 12.4 Å². The smallest absolute Gasteiger partial charge is 0.341 e. The number of carboxylic acids is 1. The Morgan fingerprint density at radius 3 is 2.76 bits per heavy atom. The number of amides is 1. The normalized spacial score (nSPS) is 18.2. The van der Waals surface area contributed by atoms with Gasteiger partial charge in [0.2, 0.25) is 11.3 Å². The minimum absolute atomic E-state index is 0. The van der Waals surface area contributed by atoms with Gasteiger partial charge in [0, 0.05) is 45.0 Å². The summed E-state index contributed by atoms with van der Waals surface area (Å²) in [4.78, 5) is 37.9. The molecule has 3 heterocycles. The van der Waals surface area contributed by atoms with E-state index < -0.39 is 23.3 Å². The van der Waals surface area contributed by atoms with Crippen molar-refractivity contribution in [3.8, 4) is 0 Å². The number of halogens is 2. The molecule has 1 amide bonds. The van der Waals surface area contributed by atoms with Crippen molar-refractivity contribution in [2.75, 3.05) is 43.1 Å². The molecule has 0 aliphatic carbocycles. The molecule has 11 heteroatoms. The molecule has 1 aromatic heterocycles. The number of rotatable bonds is 6. The SMILES string of the molecule is CC(N)C(=O)NCC[C@@H]1CCN(c2c(F)cc3c(=O)c(C(=O)O)cn4c3c2CCN4C)C1.Cl. The predicted octanol–water partition coefficient (Wildman–Crippen LogP) is 1.06. The van der Waals surface area contributed by atoms with Gasteiger partial charge >= 0.3 is 5.97 Å². The molecule has 0 bridgehead atoms. The van der Waals surface area contributed by atoms with Gasteiger partial charge in [0.25, 0.3) is 0 Å². The standard InChI is InChI=1S/C22H28FN5O4.ClH/c1-12(24)21(30)25-6-3-13-4-8-27(10-13)19-14-5-7-26(2)28-11-16(22(31)32)20(29)15(18(14)28)9-17(19)23;/h9,11-13H,3-8,10,24H2,1-2H3,(H,25,30)(H,31,32);1H/t12?,13-;/m1./s1. The molecule has 2 aliphatic rings. The molecular weight excluding hydrogens is 453 g/mol. The van der Waals surface area contributed by atoms with Gasteiger partial charge in [-0.3, -0.25) is 14.3 Å². The molecule has 4 rings (SSSR count). The zero-order valence-corrected chi connectivity index (χ0v) is 19.5. The molecule has 1 saturated heterocycles. The number of likely N-dealkylation sites (N-methyl/N-ethyl adjacent to an activating group) is 1. The van der Waals surface area contributed by atoms with E-state index in [4.69, 9.17) is 5.73 Å². The number of carboxylic acid groups (broad SMARTS) is 1. The minimum Gasteiger partial charge on any atom is -0.477 e. The van der Waals surface area contributed by atoms with Crippen LogP contribution in [-0.4, -0.2) is 60.9 Å². The van der Waals surface area contributed by atoms with Gasteiger partial charge in [0.05, 0.1) is 22.6 Å². The summed E-state index contributed by atoms with van der Waals surface area (Å²) in [7, 11) is 1.81. The highest BCUT2D eigenvalue weighted by Gasteiger charge is 2.31. The van der Waals surface area contributed by atoms with Crippen molar-refractivity contribution >= 4 is 40.9 Å². The van der Waals surface area contributed by atoms with Crippen LogP contribution in [0, 0.1) is 11.7 Å². The first-order valence-corrected chi connectivity index (χ1v) is 10.8. The Labute approximate surface area is 196 Å². The molecule has 1 unspecified atom stereocenters. The third-order valence-corrected chi connectivity index (χ3v) is 6.44. The molecule has 1 fully saturated rings. The Morgan fingerprint density at radius 2 is 2.09 bits per heavy atom. The van der Waals surface area contributed by atoms with Crippen molar-refractivity contribution in [1.29, 1.82) is 0 Å². The fourth-order valence-corrected chi connectivity index (χ4v) is 4.72. The van der Waals surface area contributed by atoms with Gasteiger partial charge in [-0.1, -0.05) is 0 Å². The summed E-state index contributed by atoms with van der Waals surface area (Å²) in [5.41, 5.74) is 6.31. The summed E-state index contributed by atoms with van der Waals surface area (Å²) in [6.45, 7) is 4.05. The number of nitrogens with zero attached hydrogens (tertiary/aromatic N) is 3. The van der Waals surface area contributed by atoms with Crippen molar-refractivity contribution in [3.63, 3.8) is 0 Å². The minimum atomic E-state index is -1.33. The molecule has 0 radical (unpaired) electrons. The summed E-state index contributed by atoms with van der Waals surface area (Å²) in [6, 6.07) is 0.627. The maximum Gasteiger partial charge on any atom is 0.341 e. The molecule has 180 valence electrons. The molecule has 9 nitrogen and oxygen atoms in total. The maximum atomic E-state index is 15.3. The Kier molecular flexibility index (Phi) is 7.18. The van der Waals surface area contributed by atoms with Crippen LogP contribution >= 0.6 is 12.4 Å². The first-order chi connectivity index (χ1) is 15.2. The summed E-state index contributed by atoms with van der Waals surface area (Å²) in [6.07, 6.45) is 3.52. The van der Waals surface area contributed by atoms with Crippen LogP contribution in [-0.2, 0) is 11.2 Å². The van der Waals surface area contributed by atoms with Crippen molar-refractivity contribution in [2.45, 2.75) is 32.2 Å². The lowest BCUT2D eigenvalue weighted by molar-refractivity contribution is -0.122. The van der Waals surface area contributed by atoms with E-state index in [2.05, 4.69) is 5.32 Å². The topological polar surface area (TPSA) is 121 Å². The molecule has 1 aromatic carbocycles. The number of aromatic nitrogens is 1. The highest BCUT2D eigenvalue weighted by molar-refractivity contribution is 5.95. The van der Waals surface area contributed by atoms with Crippen LogP contribution in [0.3, 0.4) is 0 Å². The van der Waals surface area contributed by atoms with Crippen molar-refractivity contribution < 1.29 is 19.1 Å². The van der Waals surface area contributed by atoms with E-state index in [1.807, 2.05) is 17.0 Å². The molecule has 2 atom stereocenters. The van der Waals surface area contributed by atoms with Crippen LogP contribution in [0.25, 0.3) is 10.9 Å². The lowest BCUT2D eigenvalue weighted by atomic mass is 9.99. The number of carbonyl (C=O) groups is 2. The van der Waals surface area contributed by atoms with E-state index in [0.717, 1.165) is 18.4 Å². The van der Waals surface area contributed by atoms with Gasteiger partial charge in [-0.2, -0.15) is 0 Å². The second kappa shape index (κ2) is 9.56. The van der Waals surface area contributed by atoms with Gasteiger partial charge < -0.3 is 26.1 Å². The zero-order valence-electron chi connectivity index (χ0n) is 18.6. The molecule has 33 heavy (non-hydrogen) atoms. The number of anilines is 1. The average molecular weight is 482 g/mol. The molecule has 0 saturated carbocycles. The number of hydrogen-bond acceptors (Lipinski definition) is 6. The van der Waals surface area contributed by atoms with E-state index in [0.29, 0.717) is 49.7 Å². The van der Waals surface area contributed by atoms with Crippen LogP contribution in [0.5, 0.6) is 0 Å². The number of nitrogens with one attached hydrogen (secondary N) is 1. The van der Waals surface area contributed by atoms with Crippen molar-refractivity contribution in [3.05, 3.63) is 39.4 Å². The first kappa shape index (κ1) is 24.8. The van der Waals surface area contributed by atoms with E-state index in [9.17, 15) is 19.5 Å². The number of aromatic carboxylic acids is 1. The van der Waals surface area contributed by atoms with E-state index in [1.54, 1.807) is 11.6 Å². The van der Waals surface area contributed by atoms with Gasteiger partial charge in [0.15, 0.2) is 0 Å². The molecule has 2 aromatic rings. The lowest BCUT2D eigenvalue weighted by Crippen LogP contribution is -2.39. The molecule has 0 spiro atoms. The van der Waals surface area contributed by atoms with E-state index in [-0.39, 0.29) is 29.3 Å². The number of hydrogen-bond donors (Lipinski definition) is 3. The fraction of sp³-hybridized carbons (Fsp3) is 0.500. The number of benzene rings is 1. The summed E-state index contributed by atoms with van der Waals surface area (Å²) in [5.74, 6) is -1.72. The Hall–Kier alpha value is -2.85. The van der Waals surface area contributed by atoms with Crippen LogP contribution in [0.2, 0.25) is 0 Å². The third-order valence-electron chi connectivity index (χ3n) is 6.44. The fourth-order valence-electron chi connectivity index (χ4n) is 4.72. The van der Waals surface area contributed by atoms with Crippen molar-refractivity contribution in [2.24, 2.45) is 11.7 Å². The maximum absolute atomic E-state index is 15.3. The van der Waals surface area contributed by atoms with Gasteiger partial charge in [-0.05, 0) is 38.2 Å². The quantitative estimate of drug-likeness (QED) is 0.564. The zero-order chi connectivity index (χ0) is 23.2. The summed E-state index contributed by atoms with van der Waals surface area (Å²) >= 11 is 0. The lowest BCUT2D eigenvalue weighted by Gasteiger charge is -2.33. The monoisotopic (exact) mass is 481 g/mol. The summed E-state index contributed by atoms with van der Waals surface area (Å²) < 4.78 is 17.0. The molecule has 4 N–H and O–H groups in total. The summed E-state index contributed by atoms with van der Waals surface area (Å²) in [5, 5.41) is 14.1. The van der Waals surface area contributed by atoms with Crippen LogP contribution in [0.15, 0.2) is 17.1 Å². The molecular formula is C22H29ClFN5O4. The second-order valence-electron chi connectivity index (χ2n) is 8.70. The Balaban J connectivity index is 0.00000306. The largest absolute Gasteiger partial charge is 0.477 e. The Morgan fingerprint density at radius 1 is 1.36 bits per heavy atom. The van der Waals surface area contributed by atoms with Crippen molar-refractivity contribution in [1.82, 2.24) is 9.99 Å². The predicted molar refractivity (Wildman–Crippen MR) is 127 cm³/mol. The van der Waals surface area contributed by atoms with Gasteiger partial charge in [-0.25, -0.2) is 9.18 Å². The molecule has 2 aliphatic heterocycles. The number of pyridine rings is 1. The average Bonchev–Trinajstić information content (AvgIpc) is 3.19. The van der Waals surface area contributed by atoms with E-state index >= 15 is 4.39 Å². The number of nitrogens with two attached hydrogens (primary N) is 1. The Bertz CT molecular complexity index is 1150. The highest BCUT2D eigenvalue weighted by atomic mass is 35.5. The van der Waals surface area contributed by atoms with Gasteiger partial charge in [0.1, 0.15) is 11.4 Å². The highest BCUT2D eigenvalue weighted by Crippen LogP contribution is 2.36. The second-order valence-corrected chi connectivity index (χ2v) is 8.70. The third kappa shape index (κ3) is 4.49. The van der Waals surface area contributed by atoms with Crippen LogP contribution < -0.4 is 26.4 Å². The van der Waals surface area contributed by atoms with E-state index in [1.165, 1.54) is 12.3 Å². The number of carbonyl (C=O) groups excluding carboxylic acids is 1. The first-order valence-electron chi connectivity index (χ1n) is 10.8. The van der Waals surface area contributed by atoms with Crippen LogP contribution in [0.4, 0.5) is 10.1 Å². The van der Waals surface area contributed by atoms with Crippen LogP contribution in [0.1, 0.15) is 35.7 Å².